The van der Waals surface area contributed by atoms with Gasteiger partial charge >= 0.3 is 0 Å². The first kappa shape index (κ1) is 26.2. The van der Waals surface area contributed by atoms with E-state index in [1.165, 1.54) is 24.1 Å². The number of anilines is 2. The minimum Gasteiger partial charge on any atom is -0.495 e. The second-order valence-corrected chi connectivity index (χ2v) is 9.36. The van der Waals surface area contributed by atoms with Crippen LogP contribution in [0.1, 0.15) is 30.1 Å². The van der Waals surface area contributed by atoms with E-state index in [1.807, 2.05) is 0 Å². The lowest BCUT2D eigenvalue weighted by molar-refractivity contribution is 0.0916. The number of carbonyl (C=O) groups excluding carboxylic acids is 1. The predicted octanol–water partition coefficient (Wildman–Crippen LogP) is 2.96. The van der Waals surface area contributed by atoms with E-state index in [4.69, 9.17) is 13.9 Å². The first-order chi connectivity index (χ1) is 18.9. The Morgan fingerprint density at radius 2 is 2.00 bits per heavy atom. The summed E-state index contributed by atoms with van der Waals surface area (Å²) in [6.07, 6.45) is 6.30. The van der Waals surface area contributed by atoms with Gasteiger partial charge in [0.15, 0.2) is 5.75 Å². The zero-order chi connectivity index (χ0) is 27.5. The van der Waals surface area contributed by atoms with Crippen LogP contribution in [0.4, 0.5) is 11.6 Å². The molecule has 0 aliphatic carbocycles. The molecule has 0 atom stereocenters. The maximum absolute atomic E-state index is 13.0. The van der Waals surface area contributed by atoms with Gasteiger partial charge in [0, 0.05) is 18.7 Å². The van der Waals surface area contributed by atoms with E-state index in [2.05, 4.69) is 37.5 Å². The van der Waals surface area contributed by atoms with Crippen molar-refractivity contribution in [3.05, 3.63) is 52.8 Å². The fraction of sp³-hybridized carbons (Fsp3) is 0.370. The fourth-order valence-electron chi connectivity index (χ4n) is 4.64. The molecular weight excluding hydrogens is 502 g/mol. The molecule has 4 aromatic rings. The van der Waals surface area contributed by atoms with Crippen LogP contribution in [0, 0.1) is 0 Å². The lowest BCUT2D eigenvalue weighted by atomic mass is 10.0. The van der Waals surface area contributed by atoms with Gasteiger partial charge in [-0.25, -0.2) is 15.0 Å². The first-order valence-corrected chi connectivity index (χ1v) is 12.8. The van der Waals surface area contributed by atoms with Gasteiger partial charge in [0.05, 0.1) is 37.3 Å². The Bertz CT molecular complexity index is 1540. The van der Waals surface area contributed by atoms with Crippen LogP contribution in [0.25, 0.3) is 22.5 Å². The molecule has 2 N–H and O–H groups in total. The smallest absolute Gasteiger partial charge is 0.294 e. The molecule has 12 nitrogen and oxygen atoms in total. The molecular formula is C27H31N7O5. The van der Waals surface area contributed by atoms with Crippen molar-refractivity contribution < 1.29 is 18.7 Å². The molecule has 0 saturated carbocycles. The Balaban J connectivity index is 1.47. The molecule has 4 heterocycles. The molecule has 1 fully saturated rings. The fourth-order valence-corrected chi connectivity index (χ4v) is 4.64. The van der Waals surface area contributed by atoms with E-state index >= 15 is 0 Å². The third-order valence-electron chi connectivity index (χ3n) is 6.79. The maximum Gasteiger partial charge on any atom is 0.294 e. The van der Waals surface area contributed by atoms with Crippen LogP contribution in [0.5, 0.6) is 11.5 Å². The van der Waals surface area contributed by atoms with Crippen LogP contribution in [0.3, 0.4) is 0 Å². The maximum atomic E-state index is 13.0. The number of amides is 1. The van der Waals surface area contributed by atoms with Gasteiger partial charge in [-0.15, -0.1) is 0 Å². The van der Waals surface area contributed by atoms with Crippen molar-refractivity contribution in [1.82, 2.24) is 29.7 Å². The standard InChI is InChI=1S/C27H31N7O5/c1-5-38-23-21(25-28-10-13-39-25)22-19(34(3)26(23)36)15-29-27(32-22)31-18-7-6-16(14-20(18)37-4)24(35)30-17-8-11-33(2)12-9-17/h6-7,10,13-15,17H,5,8-9,11-12H2,1-4H3,(H,30,35)(H,29,31,32). The van der Waals surface area contributed by atoms with Crippen LogP contribution < -0.4 is 25.7 Å². The molecule has 1 saturated heterocycles. The Morgan fingerprint density at radius 3 is 2.69 bits per heavy atom. The third kappa shape index (κ3) is 5.28. The number of carbonyl (C=O) groups is 1. The highest BCUT2D eigenvalue weighted by Gasteiger charge is 2.24. The van der Waals surface area contributed by atoms with Gasteiger partial charge in [-0.1, -0.05) is 0 Å². The number of methoxy groups -OCH3 is 1. The SMILES string of the molecule is CCOc1c(-c2ncco2)c2nc(Nc3ccc(C(=O)NC4CCN(C)CC4)cc3OC)ncc2n(C)c1=O. The highest BCUT2D eigenvalue weighted by atomic mass is 16.5. The van der Waals surface area contributed by atoms with Crippen molar-refractivity contribution >= 4 is 28.6 Å². The van der Waals surface area contributed by atoms with Crippen molar-refractivity contribution in [2.45, 2.75) is 25.8 Å². The zero-order valence-electron chi connectivity index (χ0n) is 22.4. The average molecular weight is 534 g/mol. The lowest BCUT2D eigenvalue weighted by Crippen LogP contribution is -2.43. The Kier molecular flexibility index (Phi) is 7.46. The minimum atomic E-state index is -0.349. The molecule has 39 heavy (non-hydrogen) atoms. The van der Waals surface area contributed by atoms with Gasteiger partial charge in [-0.05, 0) is 58.1 Å². The van der Waals surface area contributed by atoms with Gasteiger partial charge < -0.3 is 34.0 Å². The summed E-state index contributed by atoms with van der Waals surface area (Å²) in [4.78, 5) is 41.5. The first-order valence-electron chi connectivity index (χ1n) is 12.8. The van der Waals surface area contributed by atoms with E-state index in [-0.39, 0.29) is 41.7 Å². The summed E-state index contributed by atoms with van der Waals surface area (Å²) in [5, 5.41) is 6.28. The molecule has 3 aromatic heterocycles. The summed E-state index contributed by atoms with van der Waals surface area (Å²) < 4.78 is 18.2. The number of pyridine rings is 1. The molecule has 1 aliphatic rings. The normalized spacial score (nSPS) is 14.4. The number of benzene rings is 1. The van der Waals surface area contributed by atoms with Gasteiger partial charge in [0.1, 0.15) is 23.1 Å². The van der Waals surface area contributed by atoms with Crippen molar-refractivity contribution in [3.8, 4) is 23.0 Å². The summed E-state index contributed by atoms with van der Waals surface area (Å²) in [5.41, 5.74) is 1.97. The van der Waals surface area contributed by atoms with E-state index in [0.717, 1.165) is 25.9 Å². The summed E-state index contributed by atoms with van der Waals surface area (Å²) in [5.74, 6) is 0.869. The van der Waals surface area contributed by atoms with E-state index < -0.39 is 0 Å². The van der Waals surface area contributed by atoms with Crippen LogP contribution in [-0.4, -0.2) is 70.2 Å². The van der Waals surface area contributed by atoms with Crippen molar-refractivity contribution in [2.24, 2.45) is 7.05 Å². The molecule has 0 unspecified atom stereocenters. The second-order valence-electron chi connectivity index (χ2n) is 9.36. The van der Waals surface area contributed by atoms with Gasteiger partial charge in [-0.2, -0.15) is 0 Å². The number of hydrogen-bond acceptors (Lipinski definition) is 10. The summed E-state index contributed by atoms with van der Waals surface area (Å²) in [6, 6.07) is 5.31. The molecule has 1 aromatic carbocycles. The Labute approximate surface area is 225 Å². The highest BCUT2D eigenvalue weighted by Crippen LogP contribution is 2.34. The minimum absolute atomic E-state index is 0.0946. The number of nitrogens with one attached hydrogen (secondary N) is 2. The number of likely N-dealkylation sites (tertiary alicyclic amines) is 1. The average Bonchev–Trinajstić information content (AvgIpc) is 3.48. The number of piperidine rings is 1. The van der Waals surface area contributed by atoms with Crippen LogP contribution >= 0.6 is 0 Å². The Hall–Kier alpha value is -4.45. The van der Waals surface area contributed by atoms with Gasteiger partial charge in [-0.3, -0.25) is 9.59 Å². The molecule has 1 aliphatic heterocycles. The quantitative estimate of drug-likeness (QED) is 0.348. The number of aryl methyl sites for hydroxylation is 1. The largest absolute Gasteiger partial charge is 0.495 e. The lowest BCUT2D eigenvalue weighted by Gasteiger charge is -2.29. The number of hydrogen-bond donors (Lipinski definition) is 2. The van der Waals surface area contributed by atoms with Gasteiger partial charge in [0.25, 0.3) is 11.5 Å². The third-order valence-corrected chi connectivity index (χ3v) is 6.79. The number of fused-ring (bicyclic) bond motifs is 1. The number of oxazole rings is 1. The molecule has 204 valence electrons. The Morgan fingerprint density at radius 1 is 1.21 bits per heavy atom. The van der Waals surface area contributed by atoms with E-state index in [9.17, 15) is 9.59 Å². The topological polar surface area (TPSA) is 137 Å². The summed E-state index contributed by atoms with van der Waals surface area (Å²) >= 11 is 0. The second kappa shape index (κ2) is 11.1. The van der Waals surface area contributed by atoms with E-state index in [1.54, 1.807) is 38.4 Å². The predicted molar refractivity (Wildman–Crippen MR) is 146 cm³/mol. The highest BCUT2D eigenvalue weighted by molar-refractivity contribution is 5.96. The number of rotatable bonds is 8. The van der Waals surface area contributed by atoms with Crippen molar-refractivity contribution in [2.75, 3.05) is 39.2 Å². The number of ether oxygens (including phenoxy) is 2. The monoisotopic (exact) mass is 533 g/mol. The van der Waals surface area contributed by atoms with E-state index in [0.29, 0.717) is 33.6 Å². The van der Waals surface area contributed by atoms with Crippen LogP contribution in [0.15, 0.2) is 46.1 Å². The van der Waals surface area contributed by atoms with Crippen LogP contribution in [-0.2, 0) is 7.05 Å². The summed E-state index contributed by atoms with van der Waals surface area (Å²) in [6.45, 7) is 3.99. The molecule has 0 radical (unpaired) electrons. The molecule has 0 bridgehead atoms. The molecule has 1 amide bonds. The number of nitrogens with zero attached hydrogens (tertiary/aromatic N) is 5. The molecule has 0 spiro atoms. The van der Waals surface area contributed by atoms with Crippen molar-refractivity contribution in [3.63, 3.8) is 0 Å². The molecule has 12 heteroatoms. The summed E-state index contributed by atoms with van der Waals surface area (Å²) in [7, 11) is 5.24. The van der Waals surface area contributed by atoms with Crippen molar-refractivity contribution in [1.29, 1.82) is 0 Å². The van der Waals surface area contributed by atoms with Crippen LogP contribution in [0.2, 0.25) is 0 Å². The number of aromatic nitrogens is 4. The zero-order valence-corrected chi connectivity index (χ0v) is 22.4. The van der Waals surface area contributed by atoms with Gasteiger partial charge in [0.2, 0.25) is 11.8 Å². The molecule has 5 rings (SSSR count).